The van der Waals surface area contributed by atoms with E-state index in [9.17, 15) is 9.59 Å². The second-order valence-corrected chi connectivity index (χ2v) is 5.83. The number of esters is 1. The number of amides is 1. The molecule has 2 aromatic carbocycles. The Bertz CT molecular complexity index is 696. The SMILES string of the molecule is O=C(NC1(C(=O)OCc2ccccc2)CC1)OCc1ccccc1. The van der Waals surface area contributed by atoms with Gasteiger partial charge in [0.15, 0.2) is 0 Å². The van der Waals surface area contributed by atoms with Gasteiger partial charge in [0.25, 0.3) is 0 Å². The molecule has 1 amide bonds. The van der Waals surface area contributed by atoms with E-state index in [-0.39, 0.29) is 13.2 Å². The van der Waals surface area contributed by atoms with Crippen LogP contribution in [-0.2, 0) is 27.5 Å². The van der Waals surface area contributed by atoms with Crippen molar-refractivity contribution in [1.29, 1.82) is 0 Å². The highest BCUT2D eigenvalue weighted by Gasteiger charge is 2.53. The summed E-state index contributed by atoms with van der Waals surface area (Å²) in [7, 11) is 0. The zero-order valence-corrected chi connectivity index (χ0v) is 13.2. The molecule has 0 radical (unpaired) electrons. The molecular formula is C19H19NO4. The average Bonchev–Trinajstić information content (AvgIpc) is 3.40. The molecule has 0 atom stereocenters. The molecule has 2 aromatic rings. The van der Waals surface area contributed by atoms with Crippen molar-refractivity contribution in [3.8, 4) is 0 Å². The van der Waals surface area contributed by atoms with E-state index >= 15 is 0 Å². The van der Waals surface area contributed by atoms with Crippen LogP contribution in [0.4, 0.5) is 4.79 Å². The summed E-state index contributed by atoms with van der Waals surface area (Å²) >= 11 is 0. The minimum Gasteiger partial charge on any atom is -0.459 e. The highest BCUT2D eigenvalue weighted by molar-refractivity contribution is 5.88. The zero-order valence-electron chi connectivity index (χ0n) is 13.2. The topological polar surface area (TPSA) is 64.6 Å². The quantitative estimate of drug-likeness (QED) is 0.829. The average molecular weight is 325 g/mol. The largest absolute Gasteiger partial charge is 0.459 e. The van der Waals surface area contributed by atoms with Crippen molar-refractivity contribution in [3.63, 3.8) is 0 Å². The summed E-state index contributed by atoms with van der Waals surface area (Å²) in [6.07, 6.45) is 0.537. The van der Waals surface area contributed by atoms with Gasteiger partial charge >= 0.3 is 12.1 Å². The molecule has 5 heteroatoms. The Morgan fingerprint density at radius 3 is 1.83 bits per heavy atom. The van der Waals surface area contributed by atoms with Gasteiger partial charge in [-0.25, -0.2) is 9.59 Å². The van der Waals surface area contributed by atoms with E-state index in [1.807, 2.05) is 60.7 Å². The molecule has 0 heterocycles. The van der Waals surface area contributed by atoms with Crippen LogP contribution in [0.2, 0.25) is 0 Å². The number of hydrogen-bond donors (Lipinski definition) is 1. The van der Waals surface area contributed by atoms with E-state index in [1.54, 1.807) is 0 Å². The lowest BCUT2D eigenvalue weighted by atomic mass is 10.2. The second-order valence-electron chi connectivity index (χ2n) is 5.83. The van der Waals surface area contributed by atoms with Crippen LogP contribution < -0.4 is 5.32 Å². The van der Waals surface area contributed by atoms with Crippen molar-refractivity contribution in [1.82, 2.24) is 5.32 Å². The molecule has 1 N–H and O–H groups in total. The van der Waals surface area contributed by atoms with Crippen LogP contribution in [0.3, 0.4) is 0 Å². The van der Waals surface area contributed by atoms with Crippen molar-refractivity contribution < 1.29 is 19.1 Å². The van der Waals surface area contributed by atoms with E-state index in [2.05, 4.69) is 5.32 Å². The maximum atomic E-state index is 12.2. The van der Waals surface area contributed by atoms with Crippen LogP contribution in [0.5, 0.6) is 0 Å². The van der Waals surface area contributed by atoms with Crippen LogP contribution in [0, 0.1) is 0 Å². The molecule has 1 fully saturated rings. The molecule has 1 aliphatic carbocycles. The molecule has 24 heavy (non-hydrogen) atoms. The van der Waals surface area contributed by atoms with Crippen molar-refractivity contribution >= 4 is 12.1 Å². The fraction of sp³-hybridized carbons (Fsp3) is 0.263. The highest BCUT2D eigenvalue weighted by Crippen LogP contribution is 2.37. The third kappa shape index (κ3) is 4.13. The fourth-order valence-electron chi connectivity index (χ4n) is 2.32. The summed E-state index contributed by atoms with van der Waals surface area (Å²) in [5.41, 5.74) is 0.875. The van der Waals surface area contributed by atoms with Crippen molar-refractivity contribution in [2.24, 2.45) is 0 Å². The van der Waals surface area contributed by atoms with Gasteiger partial charge in [0.1, 0.15) is 18.8 Å². The van der Waals surface area contributed by atoms with Gasteiger partial charge in [-0.15, -0.1) is 0 Å². The summed E-state index contributed by atoms with van der Waals surface area (Å²) in [4.78, 5) is 24.1. The molecule has 1 saturated carbocycles. The normalized spacial score (nSPS) is 14.5. The Hall–Kier alpha value is -2.82. The van der Waals surface area contributed by atoms with Crippen LogP contribution in [0.15, 0.2) is 60.7 Å². The first-order valence-corrected chi connectivity index (χ1v) is 7.88. The van der Waals surface area contributed by atoms with Crippen molar-refractivity contribution in [2.45, 2.75) is 31.6 Å². The Morgan fingerprint density at radius 1 is 0.833 bits per heavy atom. The Labute approximate surface area is 140 Å². The zero-order chi connectivity index (χ0) is 16.8. The summed E-state index contributed by atoms with van der Waals surface area (Å²) in [6, 6.07) is 18.8. The summed E-state index contributed by atoms with van der Waals surface area (Å²) in [5, 5.41) is 2.64. The van der Waals surface area contributed by atoms with Gasteiger partial charge in [-0.2, -0.15) is 0 Å². The molecular weight excluding hydrogens is 306 g/mol. The number of carbonyl (C=O) groups is 2. The lowest BCUT2D eigenvalue weighted by molar-refractivity contribution is -0.148. The molecule has 0 aliphatic heterocycles. The maximum absolute atomic E-state index is 12.2. The van der Waals surface area contributed by atoms with E-state index in [0.717, 1.165) is 11.1 Å². The molecule has 0 spiro atoms. The number of alkyl carbamates (subject to hydrolysis) is 1. The van der Waals surface area contributed by atoms with Crippen LogP contribution >= 0.6 is 0 Å². The molecule has 0 unspecified atom stereocenters. The minimum atomic E-state index is -0.928. The Kier molecular flexibility index (Phi) is 4.79. The molecule has 3 rings (SSSR count). The molecule has 0 bridgehead atoms. The lowest BCUT2D eigenvalue weighted by Crippen LogP contribution is -2.44. The first-order valence-electron chi connectivity index (χ1n) is 7.88. The van der Waals surface area contributed by atoms with Gasteiger partial charge in [0, 0.05) is 0 Å². The van der Waals surface area contributed by atoms with Gasteiger partial charge in [-0.05, 0) is 24.0 Å². The van der Waals surface area contributed by atoms with E-state index in [0.29, 0.717) is 12.8 Å². The van der Waals surface area contributed by atoms with E-state index < -0.39 is 17.6 Å². The first kappa shape index (κ1) is 16.1. The number of carbonyl (C=O) groups excluding carboxylic acids is 2. The van der Waals surface area contributed by atoms with Crippen LogP contribution in [-0.4, -0.2) is 17.6 Å². The molecule has 5 nitrogen and oxygen atoms in total. The predicted molar refractivity (Wildman–Crippen MR) is 88.0 cm³/mol. The highest BCUT2D eigenvalue weighted by atomic mass is 16.6. The number of ether oxygens (including phenoxy) is 2. The number of hydrogen-bond acceptors (Lipinski definition) is 4. The number of rotatable bonds is 6. The maximum Gasteiger partial charge on any atom is 0.408 e. The van der Waals surface area contributed by atoms with Crippen LogP contribution in [0.25, 0.3) is 0 Å². The smallest absolute Gasteiger partial charge is 0.408 e. The Morgan fingerprint density at radius 2 is 1.33 bits per heavy atom. The summed E-state index contributed by atoms with van der Waals surface area (Å²) < 4.78 is 10.5. The van der Waals surface area contributed by atoms with Gasteiger partial charge < -0.3 is 14.8 Å². The van der Waals surface area contributed by atoms with Gasteiger partial charge in [-0.3, -0.25) is 0 Å². The van der Waals surface area contributed by atoms with Crippen molar-refractivity contribution in [2.75, 3.05) is 0 Å². The second kappa shape index (κ2) is 7.17. The monoisotopic (exact) mass is 325 g/mol. The number of nitrogens with one attached hydrogen (secondary N) is 1. The third-order valence-electron chi connectivity index (χ3n) is 3.91. The third-order valence-corrected chi connectivity index (χ3v) is 3.91. The molecule has 1 aliphatic rings. The molecule has 124 valence electrons. The summed E-state index contributed by atoms with van der Waals surface area (Å²) in [5.74, 6) is -0.414. The minimum absolute atomic E-state index is 0.168. The number of benzene rings is 2. The molecule has 0 saturated heterocycles. The first-order chi connectivity index (χ1) is 11.7. The van der Waals surface area contributed by atoms with Crippen LogP contribution in [0.1, 0.15) is 24.0 Å². The van der Waals surface area contributed by atoms with E-state index in [4.69, 9.17) is 9.47 Å². The summed E-state index contributed by atoms with van der Waals surface area (Å²) in [6.45, 7) is 0.365. The van der Waals surface area contributed by atoms with Gasteiger partial charge in [0.2, 0.25) is 0 Å². The predicted octanol–water partition coefficient (Wildman–Crippen LogP) is 3.19. The van der Waals surface area contributed by atoms with Gasteiger partial charge in [-0.1, -0.05) is 60.7 Å². The fourth-order valence-corrected chi connectivity index (χ4v) is 2.32. The van der Waals surface area contributed by atoms with Gasteiger partial charge in [0.05, 0.1) is 0 Å². The standard InChI is InChI=1S/C19H19NO4/c21-17(23-13-15-7-3-1-4-8-15)19(11-12-19)20-18(22)24-14-16-9-5-2-6-10-16/h1-10H,11-14H2,(H,20,22). The Balaban J connectivity index is 1.47. The molecule has 0 aromatic heterocycles. The van der Waals surface area contributed by atoms with Crippen molar-refractivity contribution in [3.05, 3.63) is 71.8 Å². The lowest BCUT2D eigenvalue weighted by Gasteiger charge is -2.16. The van der Waals surface area contributed by atoms with E-state index in [1.165, 1.54) is 0 Å².